The van der Waals surface area contributed by atoms with Crippen molar-refractivity contribution in [2.24, 2.45) is 11.8 Å². The number of pyridine rings is 1. The minimum absolute atomic E-state index is 0.0926. The first kappa shape index (κ1) is 18.1. The molecule has 148 valence electrons. The van der Waals surface area contributed by atoms with E-state index in [-0.39, 0.29) is 5.91 Å². The van der Waals surface area contributed by atoms with E-state index >= 15 is 0 Å². The SMILES string of the molecule is O=C(c1cn(-c2ccccc2)nc1-c1cccnc1)N1CCC2CCCCC2C1. The molecule has 5 heteroatoms. The van der Waals surface area contributed by atoms with Crippen LogP contribution in [0.5, 0.6) is 0 Å². The molecule has 1 aromatic carbocycles. The summed E-state index contributed by atoms with van der Waals surface area (Å²) in [5.41, 5.74) is 3.19. The predicted molar refractivity (Wildman–Crippen MR) is 113 cm³/mol. The Balaban J connectivity index is 1.49. The third-order valence-electron chi connectivity index (χ3n) is 6.48. The van der Waals surface area contributed by atoms with Crippen molar-refractivity contribution in [3.8, 4) is 16.9 Å². The van der Waals surface area contributed by atoms with Crippen LogP contribution in [0.2, 0.25) is 0 Å². The maximum atomic E-state index is 13.6. The number of para-hydroxylation sites is 1. The average Bonchev–Trinajstić information content (AvgIpc) is 3.25. The van der Waals surface area contributed by atoms with Crippen LogP contribution in [0.4, 0.5) is 0 Å². The lowest BCUT2D eigenvalue weighted by molar-refractivity contribution is 0.0521. The van der Waals surface area contributed by atoms with E-state index in [1.165, 1.54) is 25.7 Å². The molecular formula is C24H26N4O. The molecule has 1 saturated carbocycles. The molecule has 0 N–H and O–H groups in total. The summed E-state index contributed by atoms with van der Waals surface area (Å²) in [4.78, 5) is 19.9. The Morgan fingerprint density at radius 2 is 1.79 bits per heavy atom. The van der Waals surface area contributed by atoms with Crippen molar-refractivity contribution in [2.75, 3.05) is 13.1 Å². The van der Waals surface area contributed by atoms with Gasteiger partial charge < -0.3 is 4.90 Å². The number of aromatic nitrogens is 3. The van der Waals surface area contributed by atoms with Gasteiger partial charge in [0.2, 0.25) is 0 Å². The van der Waals surface area contributed by atoms with Gasteiger partial charge in [0, 0.05) is 37.2 Å². The molecule has 5 rings (SSSR count). The fraction of sp³-hybridized carbons (Fsp3) is 0.375. The standard InChI is InChI=1S/C24H26N4O/c29-24(27-14-12-18-7-4-5-8-20(18)16-27)22-17-28(21-10-2-1-3-11-21)26-23(22)19-9-6-13-25-15-19/h1-3,6,9-11,13,15,17-18,20H,4-5,7-8,12,14,16H2. The number of hydrogen-bond donors (Lipinski definition) is 0. The zero-order valence-electron chi connectivity index (χ0n) is 16.6. The number of piperidine rings is 1. The maximum absolute atomic E-state index is 13.6. The lowest BCUT2D eigenvalue weighted by atomic mass is 9.75. The number of carbonyl (C=O) groups excluding carboxylic acids is 1. The van der Waals surface area contributed by atoms with Gasteiger partial charge in [-0.25, -0.2) is 4.68 Å². The molecule has 2 atom stereocenters. The van der Waals surface area contributed by atoms with Crippen LogP contribution in [0.15, 0.2) is 61.1 Å². The molecule has 29 heavy (non-hydrogen) atoms. The van der Waals surface area contributed by atoms with Crippen LogP contribution in [-0.2, 0) is 0 Å². The fourth-order valence-electron chi connectivity index (χ4n) is 4.92. The number of rotatable bonds is 3. The zero-order valence-corrected chi connectivity index (χ0v) is 16.6. The van der Waals surface area contributed by atoms with Crippen LogP contribution in [0.3, 0.4) is 0 Å². The van der Waals surface area contributed by atoms with Gasteiger partial charge >= 0.3 is 0 Å². The molecular weight excluding hydrogens is 360 g/mol. The summed E-state index contributed by atoms with van der Waals surface area (Å²) in [7, 11) is 0. The molecule has 1 aliphatic heterocycles. The van der Waals surface area contributed by atoms with Gasteiger partial charge in [-0.2, -0.15) is 5.10 Å². The Hall–Kier alpha value is -2.95. The second kappa shape index (κ2) is 7.82. The molecule has 2 unspecified atom stereocenters. The minimum Gasteiger partial charge on any atom is -0.338 e. The molecule has 2 aromatic heterocycles. The van der Waals surface area contributed by atoms with Gasteiger partial charge in [0.15, 0.2) is 0 Å². The topological polar surface area (TPSA) is 51.0 Å². The first-order valence-electron chi connectivity index (χ1n) is 10.6. The molecule has 1 amide bonds. The molecule has 2 fully saturated rings. The van der Waals surface area contributed by atoms with Gasteiger partial charge in [0.25, 0.3) is 5.91 Å². The van der Waals surface area contributed by atoms with Crippen molar-refractivity contribution >= 4 is 5.91 Å². The minimum atomic E-state index is 0.0926. The van der Waals surface area contributed by atoms with Crippen molar-refractivity contribution in [2.45, 2.75) is 32.1 Å². The molecule has 3 aromatic rings. The first-order valence-corrected chi connectivity index (χ1v) is 10.6. The second-order valence-corrected chi connectivity index (χ2v) is 8.26. The number of benzene rings is 1. The molecule has 5 nitrogen and oxygen atoms in total. The monoisotopic (exact) mass is 386 g/mol. The van der Waals surface area contributed by atoms with E-state index in [4.69, 9.17) is 5.10 Å². The van der Waals surface area contributed by atoms with Crippen molar-refractivity contribution in [1.29, 1.82) is 0 Å². The average molecular weight is 386 g/mol. The summed E-state index contributed by atoms with van der Waals surface area (Å²) in [6, 6.07) is 13.8. The van der Waals surface area contributed by atoms with Crippen LogP contribution >= 0.6 is 0 Å². The second-order valence-electron chi connectivity index (χ2n) is 8.26. The molecule has 1 saturated heterocycles. The Bertz CT molecular complexity index is 983. The van der Waals surface area contributed by atoms with Crippen molar-refractivity contribution in [1.82, 2.24) is 19.7 Å². The van der Waals surface area contributed by atoms with Gasteiger partial charge in [-0.05, 0) is 48.9 Å². The first-order chi connectivity index (χ1) is 14.3. The smallest absolute Gasteiger partial charge is 0.257 e. The number of likely N-dealkylation sites (tertiary alicyclic amines) is 1. The third-order valence-corrected chi connectivity index (χ3v) is 6.48. The highest BCUT2D eigenvalue weighted by Crippen LogP contribution is 2.37. The molecule has 0 spiro atoms. The summed E-state index contributed by atoms with van der Waals surface area (Å²) >= 11 is 0. The van der Waals surface area contributed by atoms with E-state index < -0.39 is 0 Å². The highest BCUT2D eigenvalue weighted by Gasteiger charge is 2.34. The molecule has 0 bridgehead atoms. The number of nitrogens with zero attached hydrogens (tertiary/aromatic N) is 4. The Morgan fingerprint density at radius 3 is 2.59 bits per heavy atom. The van der Waals surface area contributed by atoms with Crippen LogP contribution in [0.25, 0.3) is 16.9 Å². The maximum Gasteiger partial charge on any atom is 0.257 e. The van der Waals surface area contributed by atoms with Crippen molar-refractivity contribution < 1.29 is 4.79 Å². The van der Waals surface area contributed by atoms with Gasteiger partial charge in [0.05, 0.1) is 11.3 Å². The lowest BCUT2D eigenvalue weighted by Gasteiger charge is -2.41. The lowest BCUT2D eigenvalue weighted by Crippen LogP contribution is -2.44. The Morgan fingerprint density at radius 1 is 0.966 bits per heavy atom. The van der Waals surface area contributed by atoms with E-state index in [0.717, 1.165) is 36.7 Å². The van der Waals surface area contributed by atoms with Crippen molar-refractivity contribution in [3.63, 3.8) is 0 Å². The Labute approximate surface area is 171 Å². The van der Waals surface area contributed by atoms with Gasteiger partial charge in [-0.15, -0.1) is 0 Å². The number of amides is 1. The van der Waals surface area contributed by atoms with E-state index in [9.17, 15) is 4.79 Å². The van der Waals surface area contributed by atoms with Crippen LogP contribution in [0.1, 0.15) is 42.5 Å². The molecule has 3 heterocycles. The van der Waals surface area contributed by atoms with Gasteiger partial charge in [0.1, 0.15) is 5.69 Å². The van der Waals surface area contributed by atoms with E-state index in [1.807, 2.05) is 53.3 Å². The Kier molecular flexibility index (Phi) is 4.88. The molecule has 2 aliphatic rings. The van der Waals surface area contributed by atoms with Gasteiger partial charge in [-0.1, -0.05) is 37.5 Å². The van der Waals surface area contributed by atoms with E-state index in [0.29, 0.717) is 17.2 Å². The summed E-state index contributed by atoms with van der Waals surface area (Å²) in [5.74, 6) is 1.56. The predicted octanol–water partition coefficient (Wildman–Crippen LogP) is 4.59. The number of fused-ring (bicyclic) bond motifs is 1. The normalized spacial score (nSPS) is 21.6. The number of carbonyl (C=O) groups is 1. The van der Waals surface area contributed by atoms with Crippen LogP contribution < -0.4 is 0 Å². The summed E-state index contributed by atoms with van der Waals surface area (Å²) in [5, 5.41) is 4.78. The van der Waals surface area contributed by atoms with Crippen LogP contribution in [0, 0.1) is 11.8 Å². The zero-order chi connectivity index (χ0) is 19.6. The largest absolute Gasteiger partial charge is 0.338 e. The van der Waals surface area contributed by atoms with Crippen molar-refractivity contribution in [3.05, 3.63) is 66.6 Å². The highest BCUT2D eigenvalue weighted by molar-refractivity contribution is 6.00. The summed E-state index contributed by atoms with van der Waals surface area (Å²) < 4.78 is 1.81. The third kappa shape index (κ3) is 3.57. The van der Waals surface area contributed by atoms with Gasteiger partial charge in [-0.3, -0.25) is 9.78 Å². The van der Waals surface area contributed by atoms with E-state index in [1.54, 1.807) is 12.4 Å². The van der Waals surface area contributed by atoms with E-state index in [2.05, 4.69) is 9.88 Å². The highest BCUT2D eigenvalue weighted by atomic mass is 16.2. The number of hydrogen-bond acceptors (Lipinski definition) is 3. The summed E-state index contributed by atoms with van der Waals surface area (Å²) in [6.07, 6.45) is 11.8. The van der Waals surface area contributed by atoms with Crippen LogP contribution in [-0.4, -0.2) is 38.7 Å². The quantitative estimate of drug-likeness (QED) is 0.662. The fourth-order valence-corrected chi connectivity index (χ4v) is 4.92. The molecule has 1 aliphatic carbocycles. The molecule has 0 radical (unpaired) electrons. The summed E-state index contributed by atoms with van der Waals surface area (Å²) in [6.45, 7) is 1.73.